The normalized spacial score (nSPS) is 14.6. The molecule has 0 saturated carbocycles. The van der Waals surface area contributed by atoms with Gasteiger partial charge < -0.3 is 0 Å². The smallest absolute Gasteiger partial charge is 0.116 e. The number of pyridine rings is 1. The van der Waals surface area contributed by atoms with Gasteiger partial charge in [0.2, 0.25) is 0 Å². The lowest BCUT2D eigenvalue weighted by Crippen LogP contribution is -2.52. The molecule has 0 spiro atoms. The number of fused-ring (bicyclic) bond motifs is 4. The molecule has 1 aliphatic rings. The van der Waals surface area contributed by atoms with E-state index in [-0.39, 0.29) is 0 Å². The molecule has 5 rings (SSSR count). The van der Waals surface area contributed by atoms with E-state index in [1.807, 2.05) is 6.20 Å². The molecule has 0 bridgehead atoms. The number of aromatic nitrogens is 1. The van der Waals surface area contributed by atoms with Crippen LogP contribution in [0.2, 0.25) is 32.7 Å². The molecule has 0 N–H and O–H groups in total. The minimum Gasteiger partial charge on any atom is -0.256 e. The van der Waals surface area contributed by atoms with Crippen LogP contribution in [0.25, 0.3) is 33.2 Å². The largest absolute Gasteiger partial charge is 0.256 e. The summed E-state index contributed by atoms with van der Waals surface area (Å²) >= 11 is 0. The molecule has 32 heavy (non-hydrogen) atoms. The Morgan fingerprint density at radius 3 is 2.31 bits per heavy atom. The minimum atomic E-state index is -1.87. The molecule has 1 nitrogen and oxygen atoms in total. The zero-order valence-corrected chi connectivity index (χ0v) is 22.4. The van der Waals surface area contributed by atoms with Crippen LogP contribution in [0.4, 0.5) is 0 Å². The molecule has 1 aliphatic heterocycles. The van der Waals surface area contributed by atoms with E-state index in [9.17, 15) is 0 Å². The first-order valence-corrected chi connectivity index (χ1v) is 18.3. The fourth-order valence-corrected chi connectivity index (χ4v) is 10.1. The average Bonchev–Trinajstić information content (AvgIpc) is 2.99. The van der Waals surface area contributed by atoms with Crippen LogP contribution in [0.15, 0.2) is 66.9 Å². The van der Waals surface area contributed by atoms with Gasteiger partial charge in [0, 0.05) is 11.8 Å². The van der Waals surface area contributed by atoms with Gasteiger partial charge in [-0.25, -0.2) is 0 Å². The molecule has 1 aromatic heterocycles. The maximum atomic E-state index is 5.02. The molecule has 0 atom stereocenters. The second-order valence-electron chi connectivity index (χ2n) is 11.2. The summed E-state index contributed by atoms with van der Waals surface area (Å²) in [6.45, 7) is 17.0. The average molecular weight is 452 g/mol. The van der Waals surface area contributed by atoms with Gasteiger partial charge in [0.15, 0.2) is 0 Å². The van der Waals surface area contributed by atoms with Gasteiger partial charge >= 0.3 is 0 Å². The molecule has 0 amide bonds. The third-order valence-corrected chi connectivity index (χ3v) is 12.8. The van der Waals surface area contributed by atoms with Crippen molar-refractivity contribution in [1.29, 1.82) is 0 Å². The zero-order valence-electron chi connectivity index (χ0n) is 20.4. The van der Waals surface area contributed by atoms with Gasteiger partial charge in [0.05, 0.1) is 13.8 Å². The highest BCUT2D eigenvalue weighted by atomic mass is 28.3. The highest BCUT2D eigenvalue weighted by molar-refractivity contribution is 7.05. The van der Waals surface area contributed by atoms with E-state index >= 15 is 0 Å². The molecule has 0 saturated heterocycles. The Hall–Kier alpha value is -2.50. The molecule has 0 fully saturated rings. The minimum absolute atomic E-state index is 0.471. The van der Waals surface area contributed by atoms with Crippen molar-refractivity contribution in [3.8, 4) is 22.4 Å². The molecule has 162 valence electrons. The second-order valence-corrected chi connectivity index (χ2v) is 20.5. The van der Waals surface area contributed by atoms with Crippen molar-refractivity contribution in [3.05, 3.63) is 72.4 Å². The Kier molecular flexibility index (Phi) is 4.84. The lowest BCUT2D eigenvalue weighted by Gasteiger charge is -2.24. The molecule has 3 aromatic carbocycles. The summed E-state index contributed by atoms with van der Waals surface area (Å²) < 4.78 is 0. The van der Waals surface area contributed by atoms with E-state index in [0.717, 1.165) is 0 Å². The monoisotopic (exact) mass is 451 g/mol. The molecule has 3 heteroatoms. The lowest BCUT2D eigenvalue weighted by atomic mass is 9.92. The molecule has 2 heterocycles. The van der Waals surface area contributed by atoms with Crippen LogP contribution in [-0.4, -0.2) is 21.1 Å². The number of hydrogen-bond donors (Lipinski definition) is 0. The van der Waals surface area contributed by atoms with E-state index in [1.54, 1.807) is 10.4 Å². The standard InChI is InChI=1S/C29H33NSi2/c1-19(2)26-17-21(16-20-10-8-9-11-23(20)26)28-29-25(14-15-30-28)24-13-12-22(31(3,4)5)18-27(24)32(29,6)7/h8-19H,1-7H3. The van der Waals surface area contributed by atoms with Crippen molar-refractivity contribution in [2.24, 2.45) is 0 Å². The Morgan fingerprint density at radius 1 is 0.844 bits per heavy atom. The van der Waals surface area contributed by atoms with Crippen molar-refractivity contribution < 1.29 is 0 Å². The van der Waals surface area contributed by atoms with Gasteiger partial charge in [-0.3, -0.25) is 4.98 Å². The first kappa shape index (κ1) is 21.4. The fraction of sp³-hybridized carbons (Fsp3) is 0.276. The lowest BCUT2D eigenvalue weighted by molar-refractivity contribution is 0.876. The molecule has 0 unspecified atom stereocenters. The number of nitrogens with zero attached hydrogens (tertiary/aromatic N) is 1. The van der Waals surface area contributed by atoms with Crippen LogP contribution < -0.4 is 15.6 Å². The van der Waals surface area contributed by atoms with Gasteiger partial charge in [-0.2, -0.15) is 0 Å². The third-order valence-electron chi connectivity index (χ3n) is 7.21. The van der Waals surface area contributed by atoms with Gasteiger partial charge in [-0.1, -0.05) is 94.2 Å². The molecule has 0 radical (unpaired) electrons. The van der Waals surface area contributed by atoms with Gasteiger partial charge in [0.1, 0.15) is 8.07 Å². The Balaban J connectivity index is 1.77. The molecule has 0 aliphatic carbocycles. The molecule has 4 aromatic rings. The maximum absolute atomic E-state index is 5.02. The first-order valence-electron chi connectivity index (χ1n) is 11.8. The Morgan fingerprint density at radius 2 is 1.59 bits per heavy atom. The van der Waals surface area contributed by atoms with Crippen LogP contribution in [0, 0.1) is 0 Å². The highest BCUT2D eigenvalue weighted by Crippen LogP contribution is 2.35. The summed E-state index contributed by atoms with van der Waals surface area (Å²) in [4.78, 5) is 5.02. The predicted molar refractivity (Wildman–Crippen MR) is 146 cm³/mol. The van der Waals surface area contributed by atoms with E-state index < -0.39 is 16.1 Å². The van der Waals surface area contributed by atoms with Crippen LogP contribution >= 0.6 is 0 Å². The van der Waals surface area contributed by atoms with Crippen molar-refractivity contribution in [3.63, 3.8) is 0 Å². The molecular formula is C29H33NSi2. The van der Waals surface area contributed by atoms with E-state index in [2.05, 4.69) is 107 Å². The van der Waals surface area contributed by atoms with E-state index in [0.29, 0.717) is 5.92 Å². The summed E-state index contributed by atoms with van der Waals surface area (Å²) in [6, 6.07) is 23.1. The van der Waals surface area contributed by atoms with Gasteiger partial charge in [-0.05, 0) is 62.0 Å². The SMILES string of the molecule is CC(C)c1cc(-c2nccc3c2[Si](C)(C)c2cc([Si](C)(C)C)ccc2-3)cc2ccccc12. The quantitative estimate of drug-likeness (QED) is 0.330. The first-order chi connectivity index (χ1) is 15.1. The van der Waals surface area contributed by atoms with E-state index in [1.165, 1.54) is 43.9 Å². The Bertz CT molecular complexity index is 1360. The topological polar surface area (TPSA) is 12.9 Å². The van der Waals surface area contributed by atoms with Crippen molar-refractivity contribution in [1.82, 2.24) is 4.98 Å². The van der Waals surface area contributed by atoms with Gasteiger partial charge in [-0.15, -0.1) is 0 Å². The van der Waals surface area contributed by atoms with Gasteiger partial charge in [0.25, 0.3) is 0 Å². The summed E-state index contributed by atoms with van der Waals surface area (Å²) in [5, 5.41) is 7.33. The van der Waals surface area contributed by atoms with Crippen molar-refractivity contribution in [2.45, 2.75) is 52.5 Å². The van der Waals surface area contributed by atoms with Crippen LogP contribution in [0.3, 0.4) is 0 Å². The van der Waals surface area contributed by atoms with Crippen molar-refractivity contribution in [2.75, 3.05) is 0 Å². The molecular weight excluding hydrogens is 418 g/mol. The van der Waals surface area contributed by atoms with Crippen LogP contribution in [0.5, 0.6) is 0 Å². The van der Waals surface area contributed by atoms with Crippen molar-refractivity contribution >= 4 is 42.5 Å². The number of hydrogen-bond acceptors (Lipinski definition) is 1. The van der Waals surface area contributed by atoms with Crippen LogP contribution in [-0.2, 0) is 0 Å². The van der Waals surface area contributed by atoms with Crippen LogP contribution in [0.1, 0.15) is 25.3 Å². The highest BCUT2D eigenvalue weighted by Gasteiger charge is 2.40. The zero-order chi connectivity index (χ0) is 22.8. The number of benzene rings is 3. The third kappa shape index (κ3) is 3.22. The maximum Gasteiger partial charge on any atom is 0.116 e. The fourth-order valence-electron chi connectivity index (χ4n) is 5.39. The summed E-state index contributed by atoms with van der Waals surface area (Å²) in [5.74, 6) is 0.471. The summed E-state index contributed by atoms with van der Waals surface area (Å²) in [7, 11) is -3.23. The Labute approximate surface area is 194 Å². The predicted octanol–water partition coefficient (Wildman–Crippen LogP) is 6.37. The second kappa shape index (κ2) is 7.26. The number of rotatable bonds is 3. The van der Waals surface area contributed by atoms with E-state index in [4.69, 9.17) is 4.98 Å². The summed E-state index contributed by atoms with van der Waals surface area (Å²) in [5.41, 5.74) is 6.71. The summed E-state index contributed by atoms with van der Waals surface area (Å²) in [6.07, 6.45) is 2.02.